The number of hydrazine groups is 1. The highest BCUT2D eigenvalue weighted by molar-refractivity contribution is 8.13. The van der Waals surface area contributed by atoms with Gasteiger partial charge in [-0.25, -0.2) is 5.84 Å². The molecule has 0 aliphatic heterocycles. The molecular formula is C4H11N3S. The van der Waals surface area contributed by atoms with Crippen molar-refractivity contribution in [2.75, 3.05) is 12.8 Å². The van der Waals surface area contributed by atoms with Crippen LogP contribution in [0.15, 0.2) is 0 Å². The number of hydrogen-bond acceptors (Lipinski definition) is 3. The Balaban J connectivity index is 3.33. The van der Waals surface area contributed by atoms with Crippen LogP contribution >= 0.6 is 11.8 Å². The van der Waals surface area contributed by atoms with Crippen molar-refractivity contribution < 1.29 is 0 Å². The molecule has 0 aromatic heterocycles. The Bertz CT molecular complexity index is 81.4. The molecule has 0 aliphatic carbocycles. The molecule has 0 radical (unpaired) electrons. The lowest BCUT2D eigenvalue weighted by atomic mass is 11.0. The normalized spacial score (nSPS) is 8.88. The summed E-state index contributed by atoms with van der Waals surface area (Å²) in [5.41, 5.74) is 0. The molecule has 4 heteroatoms. The maximum Gasteiger partial charge on any atom is 0.170 e. The van der Waals surface area contributed by atoms with Crippen molar-refractivity contribution in [3.63, 3.8) is 0 Å². The Morgan fingerprint density at radius 2 is 2.38 bits per heavy atom. The number of nitrogens with one attached hydrogen (secondary N) is 1. The first kappa shape index (κ1) is 7.78. The monoisotopic (exact) mass is 133 g/mol. The van der Waals surface area contributed by atoms with Gasteiger partial charge >= 0.3 is 0 Å². The Morgan fingerprint density at radius 3 is 2.50 bits per heavy atom. The molecule has 0 aromatic carbocycles. The highest BCUT2D eigenvalue weighted by atomic mass is 32.2. The van der Waals surface area contributed by atoms with Gasteiger partial charge in [0.15, 0.2) is 5.17 Å². The summed E-state index contributed by atoms with van der Waals surface area (Å²) in [5.74, 6) is 6.11. The van der Waals surface area contributed by atoms with E-state index in [9.17, 15) is 0 Å². The number of thioether (sulfide) groups is 1. The molecule has 0 aromatic rings. The number of rotatable bonds is 1. The molecule has 0 atom stereocenters. The van der Waals surface area contributed by atoms with Gasteiger partial charge < -0.3 is 0 Å². The average molecular weight is 133 g/mol. The molecule has 0 unspecified atom stereocenters. The molecule has 8 heavy (non-hydrogen) atoms. The van der Waals surface area contributed by atoms with E-state index in [0.29, 0.717) is 5.17 Å². The maximum atomic E-state index is 7.11. The standard InChI is InChI=1S/C4H11N3S/c1-3-8-4(5)7(2)6/h5H,3,6H2,1-2H3. The van der Waals surface area contributed by atoms with E-state index in [1.165, 1.54) is 16.8 Å². The van der Waals surface area contributed by atoms with Crippen molar-refractivity contribution in [1.29, 1.82) is 5.41 Å². The fraction of sp³-hybridized carbons (Fsp3) is 0.750. The Labute approximate surface area is 53.7 Å². The van der Waals surface area contributed by atoms with Gasteiger partial charge in [-0.05, 0) is 5.75 Å². The topological polar surface area (TPSA) is 53.1 Å². The van der Waals surface area contributed by atoms with E-state index in [2.05, 4.69) is 0 Å². The third-order valence-electron chi connectivity index (χ3n) is 0.601. The Hall–Kier alpha value is -0.220. The van der Waals surface area contributed by atoms with E-state index >= 15 is 0 Å². The van der Waals surface area contributed by atoms with Crippen LogP contribution in [0.4, 0.5) is 0 Å². The van der Waals surface area contributed by atoms with Gasteiger partial charge in [0.1, 0.15) is 0 Å². The zero-order valence-electron chi connectivity index (χ0n) is 5.14. The summed E-state index contributed by atoms with van der Waals surface area (Å²) in [4.78, 5) is 0. The van der Waals surface area contributed by atoms with Crippen LogP contribution in [-0.4, -0.2) is 23.0 Å². The molecule has 48 valence electrons. The highest BCUT2D eigenvalue weighted by Gasteiger charge is 1.94. The lowest BCUT2D eigenvalue weighted by molar-refractivity contribution is 0.547. The number of nitrogens with zero attached hydrogens (tertiary/aromatic N) is 1. The van der Waals surface area contributed by atoms with E-state index in [1.807, 2.05) is 6.92 Å². The summed E-state index contributed by atoms with van der Waals surface area (Å²) in [6.07, 6.45) is 0. The van der Waals surface area contributed by atoms with Crippen molar-refractivity contribution in [2.24, 2.45) is 5.84 Å². The van der Waals surface area contributed by atoms with E-state index in [-0.39, 0.29) is 0 Å². The Kier molecular flexibility index (Phi) is 3.64. The molecule has 0 fully saturated rings. The van der Waals surface area contributed by atoms with Crippen LogP contribution in [0.1, 0.15) is 6.92 Å². The molecule has 0 rings (SSSR count). The molecule has 3 nitrogen and oxygen atoms in total. The van der Waals surface area contributed by atoms with Gasteiger partial charge in [0.2, 0.25) is 0 Å². The first-order chi connectivity index (χ1) is 3.68. The van der Waals surface area contributed by atoms with Crippen LogP contribution in [0, 0.1) is 5.41 Å². The molecule has 0 spiro atoms. The molecule has 0 saturated carbocycles. The second-order valence-corrected chi connectivity index (χ2v) is 2.60. The molecule has 3 N–H and O–H groups in total. The highest BCUT2D eigenvalue weighted by Crippen LogP contribution is 2.00. The number of nitrogens with two attached hydrogens (primary N) is 1. The van der Waals surface area contributed by atoms with Gasteiger partial charge in [-0.3, -0.25) is 10.4 Å². The minimum absolute atomic E-state index is 0.410. The van der Waals surface area contributed by atoms with Crippen molar-refractivity contribution in [3.05, 3.63) is 0 Å². The van der Waals surface area contributed by atoms with Crippen LogP contribution in [0.25, 0.3) is 0 Å². The summed E-state index contributed by atoms with van der Waals surface area (Å²) < 4.78 is 0. The van der Waals surface area contributed by atoms with Crippen LogP contribution in [0.2, 0.25) is 0 Å². The van der Waals surface area contributed by atoms with Gasteiger partial charge in [-0.2, -0.15) is 0 Å². The van der Waals surface area contributed by atoms with E-state index in [0.717, 1.165) is 5.75 Å². The summed E-state index contributed by atoms with van der Waals surface area (Å²) >= 11 is 1.42. The van der Waals surface area contributed by atoms with Crippen LogP contribution < -0.4 is 5.84 Å². The van der Waals surface area contributed by atoms with Gasteiger partial charge in [0, 0.05) is 7.05 Å². The van der Waals surface area contributed by atoms with E-state index in [1.54, 1.807) is 7.05 Å². The summed E-state index contributed by atoms with van der Waals surface area (Å²) in [6.45, 7) is 1.99. The third-order valence-corrected chi connectivity index (χ3v) is 1.45. The average Bonchev–Trinajstić information content (AvgIpc) is 1.67. The molecule has 0 heterocycles. The SMILES string of the molecule is CCSC(=N)N(C)N. The lowest BCUT2D eigenvalue weighted by Gasteiger charge is -2.09. The molecule has 0 saturated heterocycles. The fourth-order valence-electron chi connectivity index (χ4n) is 0.239. The zero-order valence-corrected chi connectivity index (χ0v) is 5.96. The largest absolute Gasteiger partial charge is 0.293 e. The first-order valence-corrected chi connectivity index (χ1v) is 3.36. The predicted molar refractivity (Wildman–Crippen MR) is 37.8 cm³/mol. The minimum Gasteiger partial charge on any atom is -0.293 e. The second-order valence-electron chi connectivity index (χ2n) is 1.35. The number of hydrogen-bond donors (Lipinski definition) is 2. The van der Waals surface area contributed by atoms with Gasteiger partial charge in [-0.15, -0.1) is 0 Å². The van der Waals surface area contributed by atoms with Crippen molar-refractivity contribution in [1.82, 2.24) is 5.01 Å². The van der Waals surface area contributed by atoms with Gasteiger partial charge in [-0.1, -0.05) is 18.7 Å². The quantitative estimate of drug-likeness (QED) is 0.237. The molecule has 0 bridgehead atoms. The van der Waals surface area contributed by atoms with Crippen LogP contribution in [0.3, 0.4) is 0 Å². The number of amidine groups is 1. The molecule has 0 amide bonds. The van der Waals surface area contributed by atoms with Crippen LogP contribution in [-0.2, 0) is 0 Å². The molecular weight excluding hydrogens is 122 g/mol. The van der Waals surface area contributed by atoms with E-state index in [4.69, 9.17) is 11.3 Å². The minimum atomic E-state index is 0.410. The third kappa shape index (κ3) is 2.87. The zero-order chi connectivity index (χ0) is 6.57. The second kappa shape index (κ2) is 3.74. The summed E-state index contributed by atoms with van der Waals surface area (Å²) in [6, 6.07) is 0. The lowest BCUT2D eigenvalue weighted by Crippen LogP contribution is -2.30. The molecule has 0 aliphatic rings. The van der Waals surface area contributed by atoms with Gasteiger partial charge in [0.25, 0.3) is 0 Å². The summed E-state index contributed by atoms with van der Waals surface area (Å²) in [5, 5.41) is 8.82. The first-order valence-electron chi connectivity index (χ1n) is 2.38. The maximum absolute atomic E-state index is 7.11. The fourth-order valence-corrected chi connectivity index (χ4v) is 0.716. The van der Waals surface area contributed by atoms with Gasteiger partial charge in [0.05, 0.1) is 0 Å². The predicted octanol–water partition coefficient (Wildman–Crippen LogP) is 0.480. The van der Waals surface area contributed by atoms with E-state index < -0.39 is 0 Å². The van der Waals surface area contributed by atoms with Crippen molar-refractivity contribution >= 4 is 16.9 Å². The van der Waals surface area contributed by atoms with Crippen LogP contribution in [0.5, 0.6) is 0 Å². The van der Waals surface area contributed by atoms with Crippen molar-refractivity contribution in [3.8, 4) is 0 Å². The summed E-state index contributed by atoms with van der Waals surface area (Å²) in [7, 11) is 1.66. The Morgan fingerprint density at radius 1 is 1.88 bits per heavy atom. The van der Waals surface area contributed by atoms with Crippen molar-refractivity contribution in [2.45, 2.75) is 6.92 Å². The smallest absolute Gasteiger partial charge is 0.170 e.